The molecule has 0 heterocycles. The van der Waals surface area contributed by atoms with E-state index < -0.39 is 0 Å². The van der Waals surface area contributed by atoms with Crippen molar-refractivity contribution in [3.8, 4) is 11.1 Å². The van der Waals surface area contributed by atoms with Crippen molar-refractivity contribution in [2.24, 2.45) is 0 Å². The van der Waals surface area contributed by atoms with Crippen LogP contribution in [0, 0.1) is 7.14 Å². The summed E-state index contributed by atoms with van der Waals surface area (Å²) in [5, 5.41) is 0. The third-order valence-electron chi connectivity index (χ3n) is 2.87. The molecule has 0 aliphatic carbocycles. The highest BCUT2D eigenvalue weighted by molar-refractivity contribution is 14.1. The Hall–Kier alpha value is 0.0600. The van der Waals surface area contributed by atoms with E-state index in [1.54, 1.807) is 0 Å². The predicted molar refractivity (Wildman–Crippen MR) is 110 cm³/mol. The second-order valence-electron chi connectivity index (χ2n) is 4.09. The number of rotatable bonds is 1. The van der Waals surface area contributed by atoms with E-state index in [0.29, 0.717) is 22.7 Å². The Morgan fingerprint density at radius 3 is 1.25 bits per heavy atom. The number of benzene rings is 2. The van der Waals surface area contributed by atoms with Crippen molar-refractivity contribution in [1.29, 1.82) is 0 Å². The van der Waals surface area contributed by atoms with Crippen molar-refractivity contribution in [2.75, 3.05) is 22.9 Å². The Morgan fingerprint density at radius 1 is 0.650 bits per heavy atom. The SMILES string of the molecule is Nc1c(I)cc(Br)c(-c2c(Br)cc(I)c(N)c2N)c1N. The Kier molecular flexibility index (Phi) is 4.97. The maximum Gasteiger partial charge on any atom is 0.0690 e. The van der Waals surface area contributed by atoms with Crippen LogP contribution in [-0.2, 0) is 0 Å². The minimum atomic E-state index is 0.483. The van der Waals surface area contributed by atoms with Gasteiger partial charge in [0.15, 0.2) is 0 Å². The van der Waals surface area contributed by atoms with Crippen LogP contribution in [-0.4, -0.2) is 0 Å². The Labute approximate surface area is 160 Å². The molecule has 0 aliphatic rings. The largest absolute Gasteiger partial charge is 0.396 e. The van der Waals surface area contributed by atoms with Gasteiger partial charge >= 0.3 is 0 Å². The molecule has 0 bridgehead atoms. The second kappa shape index (κ2) is 6.05. The van der Waals surface area contributed by atoms with E-state index in [-0.39, 0.29) is 0 Å². The lowest BCUT2D eigenvalue weighted by Gasteiger charge is -2.18. The number of nitrogens with two attached hydrogens (primary N) is 4. The average molecular weight is 624 g/mol. The Bertz CT molecular complexity index is 658. The van der Waals surface area contributed by atoms with Crippen LogP contribution in [0.15, 0.2) is 21.1 Å². The second-order valence-corrected chi connectivity index (χ2v) is 8.12. The zero-order chi connectivity index (χ0) is 15.2. The van der Waals surface area contributed by atoms with Gasteiger partial charge in [-0.3, -0.25) is 0 Å². The van der Waals surface area contributed by atoms with Crippen molar-refractivity contribution in [1.82, 2.24) is 0 Å². The molecular weight excluding hydrogens is 614 g/mol. The molecular formula is C12H10Br2I2N4. The highest BCUT2D eigenvalue weighted by Gasteiger charge is 2.20. The number of hydrogen-bond acceptors (Lipinski definition) is 4. The van der Waals surface area contributed by atoms with Gasteiger partial charge in [-0.25, -0.2) is 0 Å². The molecule has 0 unspecified atom stereocenters. The van der Waals surface area contributed by atoms with Crippen LogP contribution in [0.25, 0.3) is 11.1 Å². The molecule has 0 amide bonds. The maximum atomic E-state index is 6.16. The summed E-state index contributed by atoms with van der Waals surface area (Å²) in [4.78, 5) is 0. The fourth-order valence-corrected chi connectivity index (χ4v) is 5.16. The molecule has 2 aromatic rings. The topological polar surface area (TPSA) is 104 Å². The summed E-state index contributed by atoms with van der Waals surface area (Å²) in [6, 6.07) is 3.81. The van der Waals surface area contributed by atoms with Gasteiger partial charge in [0.1, 0.15) is 0 Å². The molecule has 2 aromatic carbocycles. The molecule has 0 saturated carbocycles. The van der Waals surface area contributed by atoms with Gasteiger partial charge in [0.05, 0.1) is 22.7 Å². The van der Waals surface area contributed by atoms with E-state index in [0.717, 1.165) is 27.2 Å². The quantitative estimate of drug-likeness (QED) is 0.279. The van der Waals surface area contributed by atoms with Crippen molar-refractivity contribution in [3.05, 3.63) is 28.2 Å². The van der Waals surface area contributed by atoms with Crippen LogP contribution in [0.1, 0.15) is 0 Å². The predicted octanol–water partition coefficient (Wildman–Crippen LogP) is 4.42. The number of hydrogen-bond donors (Lipinski definition) is 4. The molecule has 0 atom stereocenters. The Balaban J connectivity index is 2.90. The zero-order valence-electron chi connectivity index (χ0n) is 9.98. The highest BCUT2D eigenvalue weighted by atomic mass is 127. The molecule has 106 valence electrons. The first-order valence-corrected chi connectivity index (χ1v) is 9.06. The standard InChI is InChI=1S/C12H10Br2I2N4/c13-3-1-5(15)9(17)11(19)7(3)8-4(14)2-6(16)10(18)12(8)20/h1-2H,17-20H2. The first kappa shape index (κ1) is 16.4. The molecule has 8 N–H and O–H groups in total. The summed E-state index contributed by atoms with van der Waals surface area (Å²) in [5.41, 5.74) is 27.9. The van der Waals surface area contributed by atoms with Crippen LogP contribution in [0.4, 0.5) is 22.7 Å². The van der Waals surface area contributed by atoms with Crippen molar-refractivity contribution in [3.63, 3.8) is 0 Å². The smallest absolute Gasteiger partial charge is 0.0690 e. The minimum absolute atomic E-state index is 0.483. The molecule has 20 heavy (non-hydrogen) atoms. The van der Waals surface area contributed by atoms with E-state index in [1.807, 2.05) is 12.1 Å². The summed E-state index contributed by atoms with van der Waals surface area (Å²) in [6.45, 7) is 0. The lowest BCUT2D eigenvalue weighted by atomic mass is 10.00. The summed E-state index contributed by atoms with van der Waals surface area (Å²) in [5.74, 6) is 0. The van der Waals surface area contributed by atoms with Gasteiger partial charge in [-0.2, -0.15) is 0 Å². The van der Waals surface area contributed by atoms with E-state index in [4.69, 9.17) is 22.9 Å². The van der Waals surface area contributed by atoms with Crippen LogP contribution in [0.2, 0.25) is 0 Å². The molecule has 2 rings (SSSR count). The first-order valence-electron chi connectivity index (χ1n) is 5.32. The average Bonchev–Trinajstić information content (AvgIpc) is 2.37. The van der Waals surface area contributed by atoms with Crippen molar-refractivity contribution in [2.45, 2.75) is 0 Å². The van der Waals surface area contributed by atoms with E-state index in [9.17, 15) is 0 Å². The molecule has 0 spiro atoms. The van der Waals surface area contributed by atoms with Crippen molar-refractivity contribution < 1.29 is 0 Å². The molecule has 0 fully saturated rings. The fourth-order valence-electron chi connectivity index (χ4n) is 1.81. The zero-order valence-corrected chi connectivity index (χ0v) is 17.5. The monoisotopic (exact) mass is 622 g/mol. The number of anilines is 4. The van der Waals surface area contributed by atoms with E-state index in [2.05, 4.69) is 77.0 Å². The van der Waals surface area contributed by atoms with Gasteiger partial charge < -0.3 is 22.9 Å². The lowest BCUT2D eigenvalue weighted by Crippen LogP contribution is -2.05. The number of halogens is 4. The molecule has 0 aliphatic heterocycles. The minimum Gasteiger partial charge on any atom is -0.396 e. The molecule has 0 aromatic heterocycles. The molecule has 0 radical (unpaired) electrons. The summed E-state index contributed by atoms with van der Waals surface area (Å²) in [7, 11) is 0. The van der Waals surface area contributed by atoms with E-state index in [1.165, 1.54) is 0 Å². The Morgan fingerprint density at radius 2 is 0.950 bits per heavy atom. The van der Waals surface area contributed by atoms with E-state index >= 15 is 0 Å². The fraction of sp³-hybridized carbons (Fsp3) is 0. The van der Waals surface area contributed by atoms with Gasteiger partial charge in [-0.05, 0) is 57.3 Å². The summed E-state index contributed by atoms with van der Waals surface area (Å²) < 4.78 is 3.40. The highest BCUT2D eigenvalue weighted by Crippen LogP contribution is 2.47. The maximum absolute atomic E-state index is 6.16. The lowest BCUT2D eigenvalue weighted by molar-refractivity contribution is 1.51. The van der Waals surface area contributed by atoms with Crippen LogP contribution in [0.3, 0.4) is 0 Å². The van der Waals surface area contributed by atoms with Gasteiger partial charge in [-0.1, -0.05) is 31.9 Å². The van der Waals surface area contributed by atoms with Gasteiger partial charge in [-0.15, -0.1) is 0 Å². The first-order chi connectivity index (χ1) is 9.25. The van der Waals surface area contributed by atoms with Gasteiger partial charge in [0.25, 0.3) is 0 Å². The molecule has 0 saturated heterocycles. The number of nitrogen functional groups attached to an aromatic ring is 4. The summed E-state index contributed by atoms with van der Waals surface area (Å²) in [6.07, 6.45) is 0. The molecule has 8 heteroatoms. The van der Waals surface area contributed by atoms with Crippen LogP contribution in [0.5, 0.6) is 0 Å². The molecule has 4 nitrogen and oxygen atoms in total. The third kappa shape index (κ3) is 2.71. The third-order valence-corrected chi connectivity index (χ3v) is 5.90. The van der Waals surface area contributed by atoms with Crippen LogP contribution < -0.4 is 22.9 Å². The normalized spacial score (nSPS) is 10.8. The van der Waals surface area contributed by atoms with Gasteiger partial charge in [0, 0.05) is 27.2 Å². The van der Waals surface area contributed by atoms with Crippen LogP contribution >= 0.6 is 77.0 Å². The van der Waals surface area contributed by atoms with Crippen molar-refractivity contribution >= 4 is 99.8 Å². The van der Waals surface area contributed by atoms with Gasteiger partial charge in [0.2, 0.25) is 0 Å². The summed E-state index contributed by atoms with van der Waals surface area (Å²) >= 11 is 11.3.